The predicted molar refractivity (Wildman–Crippen MR) is 75.2 cm³/mol. The first-order valence-electron chi connectivity index (χ1n) is 6.74. The van der Waals surface area contributed by atoms with E-state index in [-0.39, 0.29) is 5.92 Å². The first-order valence-corrected chi connectivity index (χ1v) is 6.74. The molecule has 102 valence electrons. The van der Waals surface area contributed by atoms with Crippen LogP contribution in [-0.4, -0.2) is 20.6 Å². The molecule has 19 heavy (non-hydrogen) atoms. The zero-order chi connectivity index (χ0) is 14.0. The van der Waals surface area contributed by atoms with Gasteiger partial charge in [0.2, 0.25) is 0 Å². The Kier molecular flexibility index (Phi) is 3.88. The summed E-state index contributed by atoms with van der Waals surface area (Å²) in [4.78, 5) is 15.8. The number of carbonyl (C=O) groups is 1. The molecule has 0 aliphatic heterocycles. The van der Waals surface area contributed by atoms with Gasteiger partial charge in [0.25, 0.3) is 0 Å². The number of carboxylic acid groups (broad SMARTS) is 1. The lowest BCUT2D eigenvalue weighted by molar-refractivity contribution is -0.141. The first kappa shape index (κ1) is 13.6. The highest BCUT2D eigenvalue weighted by Crippen LogP contribution is 2.27. The fraction of sp³-hybridized carbons (Fsp3) is 0.467. The Labute approximate surface area is 113 Å². The Hall–Kier alpha value is -1.84. The second kappa shape index (κ2) is 5.43. The minimum absolute atomic E-state index is 0.101. The molecule has 0 fully saturated rings. The molecule has 1 N–H and O–H groups in total. The fourth-order valence-corrected chi connectivity index (χ4v) is 2.34. The maximum absolute atomic E-state index is 11.2. The Morgan fingerprint density at radius 2 is 2.05 bits per heavy atom. The van der Waals surface area contributed by atoms with Gasteiger partial charge >= 0.3 is 5.97 Å². The highest BCUT2D eigenvalue weighted by atomic mass is 16.4. The van der Waals surface area contributed by atoms with Gasteiger partial charge in [-0.2, -0.15) is 0 Å². The Morgan fingerprint density at radius 1 is 1.37 bits per heavy atom. The van der Waals surface area contributed by atoms with Gasteiger partial charge in [-0.25, -0.2) is 4.98 Å². The number of aromatic nitrogens is 2. The SMILES string of the molecule is CCCn1c(C(C)C(C)C(=O)O)nc2ccccc21. The van der Waals surface area contributed by atoms with Gasteiger partial charge in [0.1, 0.15) is 5.82 Å². The van der Waals surface area contributed by atoms with Crippen LogP contribution >= 0.6 is 0 Å². The minimum atomic E-state index is -0.775. The molecule has 0 saturated heterocycles. The molecule has 4 heteroatoms. The van der Waals surface area contributed by atoms with E-state index in [1.165, 1.54) is 0 Å². The quantitative estimate of drug-likeness (QED) is 0.897. The van der Waals surface area contributed by atoms with E-state index in [1.54, 1.807) is 6.92 Å². The van der Waals surface area contributed by atoms with Crippen molar-refractivity contribution in [2.45, 2.75) is 39.7 Å². The van der Waals surface area contributed by atoms with Crippen LogP contribution in [0.2, 0.25) is 0 Å². The largest absolute Gasteiger partial charge is 0.481 e. The molecule has 0 saturated carbocycles. The van der Waals surface area contributed by atoms with Crippen molar-refractivity contribution in [2.75, 3.05) is 0 Å². The van der Waals surface area contributed by atoms with Gasteiger partial charge < -0.3 is 9.67 Å². The van der Waals surface area contributed by atoms with Crippen LogP contribution in [0.15, 0.2) is 24.3 Å². The van der Waals surface area contributed by atoms with Gasteiger partial charge in [-0.3, -0.25) is 4.79 Å². The molecular weight excluding hydrogens is 240 g/mol. The number of imidazole rings is 1. The van der Waals surface area contributed by atoms with Crippen LogP contribution in [0.4, 0.5) is 0 Å². The third-order valence-corrected chi connectivity index (χ3v) is 3.68. The van der Waals surface area contributed by atoms with E-state index in [0.717, 1.165) is 29.8 Å². The summed E-state index contributed by atoms with van der Waals surface area (Å²) in [5, 5.41) is 9.17. The van der Waals surface area contributed by atoms with Gasteiger partial charge in [-0.05, 0) is 18.6 Å². The van der Waals surface area contributed by atoms with Crippen LogP contribution in [-0.2, 0) is 11.3 Å². The fourth-order valence-electron chi connectivity index (χ4n) is 2.34. The number of benzene rings is 1. The third-order valence-electron chi connectivity index (χ3n) is 3.68. The molecule has 0 aliphatic carbocycles. The van der Waals surface area contributed by atoms with E-state index in [1.807, 2.05) is 31.2 Å². The van der Waals surface area contributed by atoms with Crippen molar-refractivity contribution in [3.8, 4) is 0 Å². The molecule has 1 heterocycles. The summed E-state index contributed by atoms with van der Waals surface area (Å²) < 4.78 is 2.15. The maximum Gasteiger partial charge on any atom is 0.306 e. The number of para-hydroxylation sites is 2. The molecule has 2 rings (SSSR count). The zero-order valence-electron chi connectivity index (χ0n) is 11.6. The number of hydrogen-bond donors (Lipinski definition) is 1. The van der Waals surface area contributed by atoms with E-state index in [0.29, 0.717) is 0 Å². The average Bonchev–Trinajstić information content (AvgIpc) is 2.76. The Morgan fingerprint density at radius 3 is 2.68 bits per heavy atom. The van der Waals surface area contributed by atoms with Crippen LogP contribution in [0.3, 0.4) is 0 Å². The lowest BCUT2D eigenvalue weighted by Gasteiger charge is -2.17. The van der Waals surface area contributed by atoms with Crippen LogP contribution < -0.4 is 0 Å². The normalized spacial score (nSPS) is 14.5. The van der Waals surface area contributed by atoms with E-state index >= 15 is 0 Å². The summed E-state index contributed by atoms with van der Waals surface area (Å²) in [5.41, 5.74) is 2.03. The van der Waals surface area contributed by atoms with Crippen molar-refractivity contribution in [2.24, 2.45) is 5.92 Å². The van der Waals surface area contributed by atoms with Crippen molar-refractivity contribution in [3.63, 3.8) is 0 Å². The number of hydrogen-bond acceptors (Lipinski definition) is 2. The maximum atomic E-state index is 11.2. The van der Waals surface area contributed by atoms with E-state index in [2.05, 4.69) is 16.5 Å². The van der Waals surface area contributed by atoms with Crippen LogP contribution in [0.1, 0.15) is 38.9 Å². The highest BCUT2D eigenvalue weighted by Gasteiger charge is 2.25. The molecule has 4 nitrogen and oxygen atoms in total. The van der Waals surface area contributed by atoms with E-state index in [4.69, 9.17) is 0 Å². The monoisotopic (exact) mass is 260 g/mol. The molecule has 1 aromatic carbocycles. The molecule has 0 aliphatic rings. The molecular formula is C15H20N2O2. The molecule has 2 atom stereocenters. The summed E-state index contributed by atoms with van der Waals surface area (Å²) in [6.07, 6.45) is 1.00. The third kappa shape index (κ3) is 2.48. The number of carboxylic acids is 1. The Balaban J connectivity index is 2.52. The van der Waals surface area contributed by atoms with Crippen molar-refractivity contribution in [1.82, 2.24) is 9.55 Å². The zero-order valence-corrected chi connectivity index (χ0v) is 11.6. The minimum Gasteiger partial charge on any atom is -0.481 e. The van der Waals surface area contributed by atoms with Crippen molar-refractivity contribution < 1.29 is 9.90 Å². The second-order valence-electron chi connectivity index (χ2n) is 5.03. The van der Waals surface area contributed by atoms with Crippen LogP contribution in [0, 0.1) is 5.92 Å². The van der Waals surface area contributed by atoms with Crippen molar-refractivity contribution >= 4 is 17.0 Å². The number of aryl methyl sites for hydroxylation is 1. The summed E-state index contributed by atoms with van der Waals surface area (Å²) in [7, 11) is 0. The molecule has 0 bridgehead atoms. The number of fused-ring (bicyclic) bond motifs is 1. The smallest absolute Gasteiger partial charge is 0.306 e. The Bertz CT molecular complexity index is 589. The molecule has 1 aromatic heterocycles. The summed E-state index contributed by atoms with van der Waals surface area (Å²) in [6.45, 7) is 6.66. The first-order chi connectivity index (χ1) is 9.06. The summed E-state index contributed by atoms with van der Waals surface area (Å²) >= 11 is 0. The lowest BCUT2D eigenvalue weighted by atomic mass is 9.95. The molecule has 0 amide bonds. The number of nitrogens with zero attached hydrogens (tertiary/aromatic N) is 2. The highest BCUT2D eigenvalue weighted by molar-refractivity contribution is 5.76. The topological polar surface area (TPSA) is 55.1 Å². The molecule has 2 aromatic rings. The number of rotatable bonds is 5. The van der Waals surface area contributed by atoms with E-state index in [9.17, 15) is 9.90 Å². The predicted octanol–water partition coefficient (Wildman–Crippen LogP) is 3.27. The molecule has 0 spiro atoms. The van der Waals surface area contributed by atoms with Gasteiger partial charge in [0.15, 0.2) is 0 Å². The van der Waals surface area contributed by atoms with Crippen LogP contribution in [0.5, 0.6) is 0 Å². The average molecular weight is 260 g/mol. The van der Waals surface area contributed by atoms with Gasteiger partial charge in [0, 0.05) is 12.5 Å². The number of aliphatic carboxylic acids is 1. The van der Waals surface area contributed by atoms with Crippen molar-refractivity contribution in [1.29, 1.82) is 0 Å². The van der Waals surface area contributed by atoms with Gasteiger partial charge in [-0.15, -0.1) is 0 Å². The van der Waals surface area contributed by atoms with Gasteiger partial charge in [-0.1, -0.05) is 32.9 Å². The second-order valence-corrected chi connectivity index (χ2v) is 5.03. The lowest BCUT2D eigenvalue weighted by Crippen LogP contribution is -2.20. The molecule has 2 unspecified atom stereocenters. The summed E-state index contributed by atoms with van der Waals surface area (Å²) in [6, 6.07) is 7.97. The standard InChI is InChI=1S/C15H20N2O2/c1-4-9-17-13-8-6-5-7-12(13)16-14(17)10(2)11(3)15(18)19/h5-8,10-11H,4,9H2,1-3H3,(H,18,19). The van der Waals surface area contributed by atoms with Gasteiger partial charge in [0.05, 0.1) is 17.0 Å². The summed E-state index contributed by atoms with van der Waals surface area (Å²) in [5.74, 6) is -0.440. The van der Waals surface area contributed by atoms with Crippen molar-refractivity contribution in [3.05, 3.63) is 30.1 Å². The molecule has 0 radical (unpaired) electrons. The van der Waals surface area contributed by atoms with E-state index < -0.39 is 11.9 Å². The van der Waals surface area contributed by atoms with Crippen LogP contribution in [0.25, 0.3) is 11.0 Å².